The molecule has 128 valence electrons. The van der Waals surface area contributed by atoms with Crippen LogP contribution < -0.4 is 4.90 Å². The van der Waals surface area contributed by atoms with Gasteiger partial charge in [-0.15, -0.1) is 0 Å². The van der Waals surface area contributed by atoms with Crippen molar-refractivity contribution < 1.29 is 13.2 Å². The van der Waals surface area contributed by atoms with E-state index in [1.54, 1.807) is 24.5 Å². The van der Waals surface area contributed by atoms with Gasteiger partial charge in [-0.25, -0.2) is 18.4 Å². The number of sulfone groups is 1. The summed E-state index contributed by atoms with van der Waals surface area (Å²) in [4.78, 5) is 11.2. The molecule has 1 aliphatic carbocycles. The summed E-state index contributed by atoms with van der Waals surface area (Å²) in [5.74, 6) is 1.45. The third-order valence-corrected chi connectivity index (χ3v) is 6.19. The summed E-state index contributed by atoms with van der Waals surface area (Å²) < 4.78 is 29.7. The molecule has 1 unspecified atom stereocenters. The average Bonchev–Trinajstić information content (AvgIpc) is 2.51. The summed E-state index contributed by atoms with van der Waals surface area (Å²) in [5.41, 5.74) is 0.763. The van der Waals surface area contributed by atoms with Gasteiger partial charge >= 0.3 is 0 Å². The van der Waals surface area contributed by atoms with Crippen molar-refractivity contribution in [2.75, 3.05) is 30.9 Å². The van der Waals surface area contributed by atoms with Crippen LogP contribution in [0.3, 0.4) is 0 Å². The molecule has 0 amide bonds. The molecule has 1 atom stereocenters. The lowest BCUT2D eigenvalue weighted by molar-refractivity contribution is -0.0225. The van der Waals surface area contributed by atoms with Crippen molar-refractivity contribution in [3.63, 3.8) is 0 Å². The number of fused-ring (bicyclic) bond motifs is 1. The molecule has 6 nitrogen and oxygen atoms in total. The van der Waals surface area contributed by atoms with Gasteiger partial charge in [-0.05, 0) is 37.0 Å². The number of benzene rings is 1. The topological polar surface area (TPSA) is 72.4 Å². The molecule has 1 aromatic carbocycles. The van der Waals surface area contributed by atoms with E-state index in [2.05, 4.69) is 14.9 Å². The fraction of sp³-hybridized carbons (Fsp3) is 0.529. The van der Waals surface area contributed by atoms with Crippen LogP contribution in [0.15, 0.2) is 29.4 Å². The second-order valence-electron chi connectivity index (χ2n) is 6.69. The van der Waals surface area contributed by atoms with Gasteiger partial charge in [0.05, 0.1) is 23.1 Å². The van der Waals surface area contributed by atoms with E-state index >= 15 is 0 Å². The lowest BCUT2D eigenvalue weighted by Crippen LogP contribution is -2.47. The molecule has 0 N–H and O–H groups in total. The molecule has 2 aliphatic rings. The Morgan fingerprint density at radius 3 is 2.79 bits per heavy atom. The molecule has 1 aliphatic heterocycles. The fourth-order valence-electron chi connectivity index (χ4n) is 3.47. The summed E-state index contributed by atoms with van der Waals surface area (Å²) in [6.45, 7) is 2.25. The Kier molecular flexibility index (Phi) is 3.92. The van der Waals surface area contributed by atoms with Crippen LogP contribution in [0.2, 0.25) is 0 Å². The van der Waals surface area contributed by atoms with Crippen molar-refractivity contribution in [3.8, 4) is 0 Å². The molecular weight excluding hydrogens is 326 g/mol. The van der Waals surface area contributed by atoms with E-state index in [4.69, 9.17) is 4.74 Å². The van der Waals surface area contributed by atoms with E-state index in [0.29, 0.717) is 17.4 Å². The monoisotopic (exact) mass is 347 g/mol. The van der Waals surface area contributed by atoms with Gasteiger partial charge in [-0.1, -0.05) is 6.42 Å². The quantitative estimate of drug-likeness (QED) is 0.846. The number of rotatable bonds is 3. The number of hydrogen-bond acceptors (Lipinski definition) is 6. The predicted molar refractivity (Wildman–Crippen MR) is 91.9 cm³/mol. The highest BCUT2D eigenvalue weighted by Gasteiger charge is 2.32. The molecule has 1 saturated carbocycles. The van der Waals surface area contributed by atoms with Crippen molar-refractivity contribution in [2.45, 2.75) is 30.3 Å². The van der Waals surface area contributed by atoms with Crippen LogP contribution in [0.25, 0.3) is 10.9 Å². The van der Waals surface area contributed by atoms with E-state index in [9.17, 15) is 8.42 Å². The Hall–Kier alpha value is -1.73. The van der Waals surface area contributed by atoms with Crippen molar-refractivity contribution in [1.82, 2.24) is 9.97 Å². The Morgan fingerprint density at radius 1 is 1.25 bits per heavy atom. The van der Waals surface area contributed by atoms with Crippen LogP contribution >= 0.6 is 0 Å². The number of hydrogen-bond donors (Lipinski definition) is 0. The third-order valence-electron chi connectivity index (χ3n) is 5.08. The number of aromatic nitrogens is 2. The van der Waals surface area contributed by atoms with Crippen LogP contribution in [0, 0.1) is 5.92 Å². The number of morpholine rings is 1. The molecule has 0 spiro atoms. The molecule has 7 heteroatoms. The van der Waals surface area contributed by atoms with Crippen LogP contribution in [0.5, 0.6) is 0 Å². The van der Waals surface area contributed by atoms with Crippen molar-refractivity contribution in [1.29, 1.82) is 0 Å². The number of ether oxygens (including phenoxy) is 1. The number of nitrogens with zero attached hydrogens (tertiary/aromatic N) is 3. The largest absolute Gasteiger partial charge is 0.374 e. The molecule has 2 heterocycles. The van der Waals surface area contributed by atoms with Gasteiger partial charge in [0.15, 0.2) is 9.84 Å². The summed E-state index contributed by atoms with van der Waals surface area (Å²) >= 11 is 0. The Bertz CT molecular complexity index is 865. The molecule has 2 fully saturated rings. The summed E-state index contributed by atoms with van der Waals surface area (Å²) in [7, 11) is -3.26. The highest BCUT2D eigenvalue weighted by molar-refractivity contribution is 7.90. The average molecular weight is 347 g/mol. The van der Waals surface area contributed by atoms with Gasteiger partial charge < -0.3 is 9.64 Å². The third kappa shape index (κ3) is 2.86. The predicted octanol–water partition coefficient (Wildman–Crippen LogP) is 2.04. The van der Waals surface area contributed by atoms with Gasteiger partial charge in [0.1, 0.15) is 12.1 Å². The second-order valence-corrected chi connectivity index (χ2v) is 8.71. The van der Waals surface area contributed by atoms with Crippen molar-refractivity contribution >= 4 is 26.6 Å². The minimum absolute atomic E-state index is 0.246. The first-order valence-corrected chi connectivity index (χ1v) is 10.2. The molecular formula is C17H21N3O3S. The summed E-state index contributed by atoms with van der Waals surface area (Å²) in [6.07, 6.45) is 6.78. The maximum absolute atomic E-state index is 11.9. The van der Waals surface area contributed by atoms with Gasteiger partial charge in [0.25, 0.3) is 0 Å². The summed E-state index contributed by atoms with van der Waals surface area (Å²) in [6, 6.07) is 5.04. The highest BCUT2D eigenvalue weighted by atomic mass is 32.2. The zero-order valence-corrected chi connectivity index (χ0v) is 14.5. The molecule has 0 radical (unpaired) electrons. The van der Waals surface area contributed by atoms with Gasteiger partial charge in [0, 0.05) is 24.7 Å². The SMILES string of the molecule is CS(=O)(=O)c1ccc2ncnc(N3CCOC(C4CCC4)C3)c2c1. The fourth-order valence-corrected chi connectivity index (χ4v) is 4.12. The Labute approximate surface area is 141 Å². The van der Waals surface area contributed by atoms with E-state index in [-0.39, 0.29) is 6.10 Å². The maximum atomic E-state index is 11.9. The Balaban J connectivity index is 1.72. The van der Waals surface area contributed by atoms with Crippen LogP contribution in [0.4, 0.5) is 5.82 Å². The maximum Gasteiger partial charge on any atom is 0.175 e. The van der Waals surface area contributed by atoms with E-state index in [1.165, 1.54) is 25.5 Å². The first-order valence-electron chi connectivity index (χ1n) is 8.34. The molecule has 4 rings (SSSR count). The zero-order valence-electron chi connectivity index (χ0n) is 13.7. The highest BCUT2D eigenvalue weighted by Crippen LogP contribution is 2.34. The van der Waals surface area contributed by atoms with Gasteiger partial charge in [-0.3, -0.25) is 0 Å². The van der Waals surface area contributed by atoms with Crippen LogP contribution in [-0.2, 0) is 14.6 Å². The minimum Gasteiger partial charge on any atom is -0.374 e. The van der Waals surface area contributed by atoms with Gasteiger partial charge in [-0.2, -0.15) is 0 Å². The normalized spacial score (nSPS) is 22.5. The Morgan fingerprint density at radius 2 is 2.08 bits per heavy atom. The van der Waals surface area contributed by atoms with Gasteiger partial charge in [0.2, 0.25) is 0 Å². The smallest absolute Gasteiger partial charge is 0.175 e. The van der Waals surface area contributed by atoms with Crippen molar-refractivity contribution in [3.05, 3.63) is 24.5 Å². The zero-order chi connectivity index (χ0) is 16.7. The lowest BCUT2D eigenvalue weighted by Gasteiger charge is -2.41. The molecule has 1 aromatic heterocycles. The summed E-state index contributed by atoms with van der Waals surface area (Å²) in [5, 5.41) is 0.787. The number of anilines is 1. The molecule has 2 aromatic rings. The van der Waals surface area contributed by atoms with E-state index < -0.39 is 9.84 Å². The minimum atomic E-state index is -3.26. The second kappa shape index (κ2) is 5.97. The van der Waals surface area contributed by atoms with Crippen molar-refractivity contribution in [2.24, 2.45) is 5.92 Å². The lowest BCUT2D eigenvalue weighted by atomic mass is 9.80. The molecule has 0 bridgehead atoms. The van der Waals surface area contributed by atoms with Crippen LogP contribution in [-0.4, -0.2) is 50.4 Å². The standard InChI is InChI=1S/C17H21N3O3S/c1-24(21,22)13-5-6-15-14(9-13)17(19-11-18-15)20-7-8-23-16(10-20)12-3-2-4-12/h5-6,9,11-12,16H,2-4,7-8,10H2,1H3. The van der Waals surface area contributed by atoms with Crippen LogP contribution in [0.1, 0.15) is 19.3 Å². The van der Waals surface area contributed by atoms with E-state index in [1.807, 2.05) is 0 Å². The first-order chi connectivity index (χ1) is 11.5. The molecule has 24 heavy (non-hydrogen) atoms. The molecule has 1 saturated heterocycles. The van der Waals surface area contributed by atoms with E-state index in [0.717, 1.165) is 29.8 Å². The first kappa shape index (κ1) is 15.8.